The molecule has 2 rings (SSSR count). The van der Waals surface area contributed by atoms with Crippen molar-refractivity contribution in [1.82, 2.24) is 4.90 Å². The Morgan fingerprint density at radius 3 is 2.54 bits per heavy atom. The van der Waals surface area contributed by atoms with Gasteiger partial charge in [0.15, 0.2) is 0 Å². The Hall–Kier alpha value is -1.17. The molecule has 1 aliphatic heterocycles. The van der Waals surface area contributed by atoms with E-state index in [0.29, 0.717) is 25.6 Å². The topological polar surface area (TPSA) is 38.8 Å². The molecule has 1 aromatic rings. The van der Waals surface area contributed by atoms with E-state index in [-0.39, 0.29) is 5.91 Å². The molecule has 24 heavy (non-hydrogen) atoms. The van der Waals surface area contributed by atoms with E-state index < -0.39 is 8.07 Å². The molecule has 0 spiro atoms. The number of carbonyl (C=O) groups is 1. The predicted molar refractivity (Wildman–Crippen MR) is 101 cm³/mol. The van der Waals surface area contributed by atoms with Gasteiger partial charge in [-0.25, -0.2) is 0 Å². The van der Waals surface area contributed by atoms with Gasteiger partial charge in [0.2, 0.25) is 5.91 Å². The average Bonchev–Trinajstić information content (AvgIpc) is 3.00. The Morgan fingerprint density at radius 1 is 1.21 bits per heavy atom. The third-order valence-electron chi connectivity index (χ3n) is 4.60. The second kappa shape index (κ2) is 8.79. The zero-order chi connectivity index (χ0) is 17.6. The van der Waals surface area contributed by atoms with Gasteiger partial charge in [-0.3, -0.25) is 4.79 Å². The minimum absolute atomic E-state index is 0.232. The summed E-state index contributed by atoms with van der Waals surface area (Å²) in [5.74, 6) is 0.690. The summed E-state index contributed by atoms with van der Waals surface area (Å²) in [6.45, 7) is 10.7. The zero-order valence-corrected chi connectivity index (χ0v) is 16.5. The number of hydrogen-bond acceptors (Lipinski definition) is 3. The summed E-state index contributed by atoms with van der Waals surface area (Å²) < 4.78 is 10.6. The molecule has 1 aromatic carbocycles. The first-order valence-electron chi connectivity index (χ1n) is 8.84. The van der Waals surface area contributed by atoms with Crippen LogP contribution in [0.15, 0.2) is 24.3 Å². The number of likely N-dealkylation sites (tertiary alicyclic amines) is 1. The van der Waals surface area contributed by atoms with Crippen LogP contribution in [0.4, 0.5) is 0 Å². The Balaban J connectivity index is 1.79. The first kappa shape index (κ1) is 19.2. The van der Waals surface area contributed by atoms with Gasteiger partial charge in [0.1, 0.15) is 0 Å². The highest BCUT2D eigenvalue weighted by atomic mass is 28.3. The van der Waals surface area contributed by atoms with E-state index in [1.165, 1.54) is 5.19 Å². The molecule has 5 heteroatoms. The number of amides is 1. The summed E-state index contributed by atoms with van der Waals surface area (Å²) in [6.07, 6.45) is 1.54. The molecule has 1 atom stereocenters. The molecule has 1 saturated heterocycles. The van der Waals surface area contributed by atoms with Gasteiger partial charge in [-0.15, -0.1) is 0 Å². The van der Waals surface area contributed by atoms with E-state index in [2.05, 4.69) is 43.9 Å². The van der Waals surface area contributed by atoms with Crippen molar-refractivity contribution < 1.29 is 14.3 Å². The number of rotatable bonds is 8. The van der Waals surface area contributed by atoms with Crippen LogP contribution < -0.4 is 5.19 Å². The number of nitrogens with zero attached hydrogens (tertiary/aromatic N) is 1. The molecular formula is C19H31NO3Si. The molecule has 1 amide bonds. The maximum atomic E-state index is 12.5. The summed E-state index contributed by atoms with van der Waals surface area (Å²) >= 11 is 0. The summed E-state index contributed by atoms with van der Waals surface area (Å²) in [7, 11) is 0.408. The molecule has 0 aliphatic carbocycles. The van der Waals surface area contributed by atoms with Gasteiger partial charge in [0.05, 0.1) is 34.3 Å². The monoisotopic (exact) mass is 349 g/mol. The van der Waals surface area contributed by atoms with Crippen LogP contribution in [0.3, 0.4) is 0 Å². The second-order valence-corrected chi connectivity index (χ2v) is 12.8. The minimum atomic E-state index is -1.27. The van der Waals surface area contributed by atoms with Crippen molar-refractivity contribution >= 4 is 19.2 Å². The number of ether oxygens (including phenoxy) is 2. The van der Waals surface area contributed by atoms with Gasteiger partial charge in [-0.2, -0.15) is 0 Å². The fourth-order valence-electron chi connectivity index (χ4n) is 3.00. The lowest BCUT2D eigenvalue weighted by molar-refractivity contribution is -0.129. The smallest absolute Gasteiger partial charge is 0.227 e. The molecule has 0 unspecified atom stereocenters. The Kier molecular flexibility index (Phi) is 7.01. The van der Waals surface area contributed by atoms with Gasteiger partial charge in [-0.1, -0.05) is 49.1 Å². The van der Waals surface area contributed by atoms with Gasteiger partial charge in [0, 0.05) is 26.1 Å². The highest BCUT2D eigenvalue weighted by molar-refractivity contribution is 6.88. The first-order chi connectivity index (χ1) is 11.4. The Labute approximate surface area is 147 Å². The standard InChI is InChI=1S/C19H31NO3Si/c1-22-11-12-23-15-17-9-10-20(14-17)19(21)13-16-5-7-18(8-6-16)24(2,3)4/h5-8,17H,9-15H2,1-4H3/t17-/m0/s1. The first-order valence-corrected chi connectivity index (χ1v) is 12.3. The zero-order valence-electron chi connectivity index (χ0n) is 15.5. The molecule has 0 aromatic heterocycles. The van der Waals surface area contributed by atoms with Crippen LogP contribution in [-0.4, -0.2) is 58.9 Å². The van der Waals surface area contributed by atoms with Crippen LogP contribution in [0.25, 0.3) is 0 Å². The lowest BCUT2D eigenvalue weighted by atomic mass is 10.1. The molecule has 0 bridgehead atoms. The second-order valence-electron chi connectivity index (χ2n) is 7.69. The highest BCUT2D eigenvalue weighted by Gasteiger charge is 2.26. The molecule has 4 nitrogen and oxygen atoms in total. The molecule has 1 fully saturated rings. The maximum Gasteiger partial charge on any atom is 0.227 e. The predicted octanol–water partition coefficient (Wildman–Crippen LogP) is 2.29. The normalized spacial score (nSPS) is 18.2. The number of methoxy groups -OCH3 is 1. The van der Waals surface area contributed by atoms with Crippen LogP contribution in [0.2, 0.25) is 19.6 Å². The van der Waals surface area contributed by atoms with E-state index >= 15 is 0 Å². The van der Waals surface area contributed by atoms with Crippen LogP contribution in [0, 0.1) is 5.92 Å². The fraction of sp³-hybridized carbons (Fsp3) is 0.632. The average molecular weight is 350 g/mol. The Morgan fingerprint density at radius 2 is 1.92 bits per heavy atom. The van der Waals surface area contributed by atoms with E-state index in [4.69, 9.17) is 9.47 Å². The Bertz CT molecular complexity index is 524. The van der Waals surface area contributed by atoms with Crippen molar-refractivity contribution in [2.75, 3.05) is 40.0 Å². The molecule has 134 valence electrons. The highest BCUT2D eigenvalue weighted by Crippen LogP contribution is 2.18. The number of benzene rings is 1. The molecule has 1 heterocycles. The van der Waals surface area contributed by atoms with Crippen molar-refractivity contribution in [3.05, 3.63) is 29.8 Å². The van der Waals surface area contributed by atoms with Crippen molar-refractivity contribution in [2.24, 2.45) is 5.92 Å². The third kappa shape index (κ3) is 5.72. The fourth-order valence-corrected chi connectivity index (χ4v) is 4.16. The number of hydrogen-bond donors (Lipinski definition) is 0. The summed E-state index contributed by atoms with van der Waals surface area (Å²) in [4.78, 5) is 14.5. The van der Waals surface area contributed by atoms with E-state index in [9.17, 15) is 4.79 Å². The summed E-state index contributed by atoms with van der Waals surface area (Å²) in [6, 6.07) is 8.64. The lowest BCUT2D eigenvalue weighted by Gasteiger charge is -2.18. The van der Waals surface area contributed by atoms with Crippen molar-refractivity contribution in [2.45, 2.75) is 32.5 Å². The number of carbonyl (C=O) groups excluding carboxylic acids is 1. The molecule has 0 radical (unpaired) electrons. The quantitative estimate of drug-likeness (QED) is 0.534. The maximum absolute atomic E-state index is 12.5. The van der Waals surface area contributed by atoms with Crippen LogP contribution in [0.5, 0.6) is 0 Å². The summed E-state index contributed by atoms with van der Waals surface area (Å²) in [5.41, 5.74) is 1.11. The van der Waals surface area contributed by atoms with Gasteiger partial charge in [-0.05, 0) is 12.0 Å². The van der Waals surface area contributed by atoms with Crippen molar-refractivity contribution in [1.29, 1.82) is 0 Å². The molecule has 0 N–H and O–H groups in total. The van der Waals surface area contributed by atoms with Gasteiger partial charge < -0.3 is 14.4 Å². The van der Waals surface area contributed by atoms with Crippen LogP contribution in [0.1, 0.15) is 12.0 Å². The molecule has 1 aliphatic rings. The molecule has 0 saturated carbocycles. The summed E-state index contributed by atoms with van der Waals surface area (Å²) in [5, 5.41) is 1.44. The van der Waals surface area contributed by atoms with Crippen LogP contribution in [-0.2, 0) is 20.7 Å². The third-order valence-corrected chi connectivity index (χ3v) is 6.66. The van der Waals surface area contributed by atoms with Gasteiger partial charge in [0.25, 0.3) is 0 Å². The van der Waals surface area contributed by atoms with E-state index in [1.807, 2.05) is 4.90 Å². The van der Waals surface area contributed by atoms with Crippen molar-refractivity contribution in [3.63, 3.8) is 0 Å². The van der Waals surface area contributed by atoms with Crippen molar-refractivity contribution in [3.8, 4) is 0 Å². The lowest BCUT2D eigenvalue weighted by Crippen LogP contribution is -2.37. The van der Waals surface area contributed by atoms with E-state index in [0.717, 1.165) is 31.7 Å². The van der Waals surface area contributed by atoms with Crippen LogP contribution >= 0.6 is 0 Å². The SMILES string of the molecule is COCCOC[C@H]1CCN(C(=O)Cc2ccc([Si](C)(C)C)cc2)C1. The van der Waals surface area contributed by atoms with Gasteiger partial charge >= 0.3 is 0 Å². The molecular weight excluding hydrogens is 318 g/mol. The minimum Gasteiger partial charge on any atom is -0.382 e. The van der Waals surface area contributed by atoms with E-state index in [1.54, 1.807) is 7.11 Å². The largest absolute Gasteiger partial charge is 0.382 e.